The first-order valence-corrected chi connectivity index (χ1v) is 6.49. The molecule has 0 unspecified atom stereocenters. The van der Waals surface area contributed by atoms with Crippen molar-refractivity contribution >= 4 is 17.5 Å². The second kappa shape index (κ2) is 7.01. The lowest BCUT2D eigenvalue weighted by atomic mass is 10.2. The molecule has 0 bridgehead atoms. The summed E-state index contributed by atoms with van der Waals surface area (Å²) < 4.78 is 0. The van der Waals surface area contributed by atoms with Crippen molar-refractivity contribution in [3.8, 4) is 0 Å². The van der Waals surface area contributed by atoms with Gasteiger partial charge in [0.2, 0.25) is 5.95 Å². The van der Waals surface area contributed by atoms with Crippen LogP contribution < -0.4 is 10.6 Å². The normalized spacial score (nSPS) is 10.4. The zero-order chi connectivity index (χ0) is 13.5. The molecule has 2 rings (SSSR count). The second-order valence-corrected chi connectivity index (χ2v) is 4.56. The number of pyridine rings is 1. The molecule has 6 heteroatoms. The van der Waals surface area contributed by atoms with Gasteiger partial charge in [-0.25, -0.2) is 9.97 Å². The van der Waals surface area contributed by atoms with Gasteiger partial charge in [-0.2, -0.15) is 0 Å². The van der Waals surface area contributed by atoms with E-state index in [9.17, 15) is 0 Å². The molecule has 0 aliphatic heterocycles. The third kappa shape index (κ3) is 4.15. The van der Waals surface area contributed by atoms with Crippen molar-refractivity contribution in [2.24, 2.45) is 5.73 Å². The van der Waals surface area contributed by atoms with E-state index >= 15 is 0 Å². The van der Waals surface area contributed by atoms with Gasteiger partial charge in [0.25, 0.3) is 0 Å². The van der Waals surface area contributed by atoms with Crippen molar-refractivity contribution in [1.82, 2.24) is 15.0 Å². The fourth-order valence-electron chi connectivity index (χ4n) is 1.71. The molecule has 0 spiro atoms. The van der Waals surface area contributed by atoms with Crippen molar-refractivity contribution in [1.29, 1.82) is 0 Å². The molecule has 0 amide bonds. The summed E-state index contributed by atoms with van der Waals surface area (Å²) in [6.07, 6.45) is 7.68. The van der Waals surface area contributed by atoms with E-state index in [1.807, 2.05) is 18.3 Å². The number of hydrogen-bond donors (Lipinski definition) is 1. The molecule has 0 atom stereocenters. The maximum Gasteiger partial charge on any atom is 0.225 e. The summed E-state index contributed by atoms with van der Waals surface area (Å²) in [7, 11) is 0. The highest BCUT2D eigenvalue weighted by molar-refractivity contribution is 6.30. The predicted molar refractivity (Wildman–Crippen MR) is 76.0 cm³/mol. The molecular weight excluding hydrogens is 262 g/mol. The van der Waals surface area contributed by atoms with Gasteiger partial charge in [0.05, 0.1) is 17.4 Å². The van der Waals surface area contributed by atoms with E-state index in [-0.39, 0.29) is 0 Å². The first kappa shape index (κ1) is 13.7. The lowest BCUT2D eigenvalue weighted by Gasteiger charge is -2.22. The molecule has 2 aromatic heterocycles. The standard InChI is InChI=1S/C13H16ClN5/c14-12-8-17-13(18-9-12)19(6-2-4-15)10-11-3-1-5-16-7-11/h1,3,5,7-9H,2,4,6,10,15H2. The van der Waals surface area contributed by atoms with E-state index in [1.165, 1.54) is 0 Å². The van der Waals surface area contributed by atoms with Crippen LogP contribution >= 0.6 is 11.6 Å². The number of aromatic nitrogens is 3. The molecule has 2 N–H and O–H groups in total. The highest BCUT2D eigenvalue weighted by atomic mass is 35.5. The highest BCUT2D eigenvalue weighted by Gasteiger charge is 2.09. The molecule has 0 saturated heterocycles. The molecule has 0 aliphatic rings. The minimum Gasteiger partial charge on any atom is -0.336 e. The van der Waals surface area contributed by atoms with Crippen molar-refractivity contribution in [2.45, 2.75) is 13.0 Å². The van der Waals surface area contributed by atoms with Crippen LogP contribution in [0.2, 0.25) is 5.02 Å². The van der Waals surface area contributed by atoms with Gasteiger partial charge in [-0.05, 0) is 24.6 Å². The number of hydrogen-bond acceptors (Lipinski definition) is 5. The zero-order valence-corrected chi connectivity index (χ0v) is 11.3. The van der Waals surface area contributed by atoms with Gasteiger partial charge < -0.3 is 10.6 Å². The zero-order valence-electron chi connectivity index (χ0n) is 10.5. The topological polar surface area (TPSA) is 67.9 Å². The minimum atomic E-state index is 0.531. The van der Waals surface area contributed by atoms with Crippen LogP contribution in [0.4, 0.5) is 5.95 Å². The van der Waals surface area contributed by atoms with Gasteiger partial charge in [0.1, 0.15) is 0 Å². The average Bonchev–Trinajstić information content (AvgIpc) is 2.45. The largest absolute Gasteiger partial charge is 0.336 e. The average molecular weight is 278 g/mol. The van der Waals surface area contributed by atoms with Crippen LogP contribution in [0.25, 0.3) is 0 Å². The molecule has 0 saturated carbocycles. The molecule has 100 valence electrons. The summed E-state index contributed by atoms with van der Waals surface area (Å²) >= 11 is 5.81. The number of anilines is 1. The lowest BCUT2D eigenvalue weighted by Crippen LogP contribution is -2.27. The third-order valence-electron chi connectivity index (χ3n) is 2.62. The van der Waals surface area contributed by atoms with Crippen LogP contribution in [0.3, 0.4) is 0 Å². The van der Waals surface area contributed by atoms with Crippen LogP contribution in [0, 0.1) is 0 Å². The summed E-state index contributed by atoms with van der Waals surface area (Å²) in [6.45, 7) is 2.14. The fraction of sp³-hybridized carbons (Fsp3) is 0.308. The molecular formula is C13H16ClN5. The van der Waals surface area contributed by atoms with Crippen LogP contribution in [0.1, 0.15) is 12.0 Å². The third-order valence-corrected chi connectivity index (χ3v) is 2.81. The van der Waals surface area contributed by atoms with E-state index in [1.54, 1.807) is 18.6 Å². The van der Waals surface area contributed by atoms with Gasteiger partial charge >= 0.3 is 0 Å². The van der Waals surface area contributed by atoms with Crippen LogP contribution in [-0.4, -0.2) is 28.0 Å². The molecule has 19 heavy (non-hydrogen) atoms. The second-order valence-electron chi connectivity index (χ2n) is 4.13. The first-order chi connectivity index (χ1) is 9.29. The van der Waals surface area contributed by atoms with Crippen LogP contribution in [-0.2, 0) is 6.54 Å². The lowest BCUT2D eigenvalue weighted by molar-refractivity contribution is 0.712. The smallest absolute Gasteiger partial charge is 0.225 e. The summed E-state index contributed by atoms with van der Waals surface area (Å²) in [6, 6.07) is 3.94. The van der Waals surface area contributed by atoms with Gasteiger partial charge in [0.15, 0.2) is 0 Å². The summed E-state index contributed by atoms with van der Waals surface area (Å²) in [4.78, 5) is 14.7. The molecule has 0 aromatic carbocycles. The van der Waals surface area contributed by atoms with E-state index in [2.05, 4.69) is 19.9 Å². The Balaban J connectivity index is 2.13. The Hall–Kier alpha value is -1.72. The first-order valence-electron chi connectivity index (χ1n) is 6.11. The maximum atomic E-state index is 5.81. The van der Waals surface area contributed by atoms with Gasteiger partial charge in [-0.3, -0.25) is 4.98 Å². The molecule has 0 fully saturated rings. The molecule has 0 radical (unpaired) electrons. The van der Waals surface area contributed by atoms with Crippen molar-refractivity contribution in [3.63, 3.8) is 0 Å². The number of nitrogens with zero attached hydrogens (tertiary/aromatic N) is 4. The Bertz CT molecular complexity index is 488. The number of nitrogens with two attached hydrogens (primary N) is 1. The monoisotopic (exact) mass is 277 g/mol. The Kier molecular flexibility index (Phi) is 5.06. The van der Waals surface area contributed by atoms with Gasteiger partial charge in [-0.15, -0.1) is 0 Å². The maximum absolute atomic E-state index is 5.81. The highest BCUT2D eigenvalue weighted by Crippen LogP contribution is 2.13. The van der Waals surface area contributed by atoms with Crippen molar-refractivity contribution in [3.05, 3.63) is 47.5 Å². The number of halogens is 1. The van der Waals surface area contributed by atoms with E-state index < -0.39 is 0 Å². The Morgan fingerprint density at radius 2 is 2.00 bits per heavy atom. The molecule has 0 aliphatic carbocycles. The van der Waals surface area contributed by atoms with Gasteiger partial charge in [-0.1, -0.05) is 17.7 Å². The molecule has 2 heterocycles. The fourth-order valence-corrected chi connectivity index (χ4v) is 1.81. The Morgan fingerprint density at radius 3 is 2.63 bits per heavy atom. The molecule has 5 nitrogen and oxygen atoms in total. The van der Waals surface area contributed by atoms with Crippen molar-refractivity contribution in [2.75, 3.05) is 18.0 Å². The Labute approximate surface area is 117 Å². The minimum absolute atomic E-state index is 0.531. The van der Waals surface area contributed by atoms with Crippen LogP contribution in [0.15, 0.2) is 36.9 Å². The van der Waals surface area contributed by atoms with Crippen molar-refractivity contribution < 1.29 is 0 Å². The van der Waals surface area contributed by atoms with E-state index in [0.29, 0.717) is 24.1 Å². The van der Waals surface area contributed by atoms with Crippen LogP contribution in [0.5, 0.6) is 0 Å². The summed E-state index contributed by atoms with van der Waals surface area (Å²) in [5, 5.41) is 0.531. The summed E-state index contributed by atoms with van der Waals surface area (Å²) in [5.41, 5.74) is 6.68. The SMILES string of the molecule is NCCCN(Cc1cccnc1)c1ncc(Cl)cn1. The van der Waals surface area contributed by atoms with E-state index in [0.717, 1.165) is 18.5 Å². The number of rotatable bonds is 6. The van der Waals surface area contributed by atoms with Gasteiger partial charge in [0, 0.05) is 25.5 Å². The van der Waals surface area contributed by atoms with E-state index in [4.69, 9.17) is 17.3 Å². The molecule has 2 aromatic rings. The summed E-state index contributed by atoms with van der Waals surface area (Å²) in [5.74, 6) is 0.654. The Morgan fingerprint density at radius 1 is 1.21 bits per heavy atom. The quantitative estimate of drug-likeness (QED) is 0.873. The predicted octanol–water partition coefficient (Wildman–Crippen LogP) is 1.88.